The summed E-state index contributed by atoms with van der Waals surface area (Å²) in [5.74, 6) is -1.94. The Kier molecular flexibility index (Phi) is 4.24. The van der Waals surface area contributed by atoms with Crippen LogP contribution in [0.15, 0.2) is 48.5 Å². The normalized spacial score (nSPS) is 20.0. The highest BCUT2D eigenvalue weighted by Crippen LogP contribution is 2.46. The molecule has 0 fully saturated rings. The van der Waals surface area contributed by atoms with Gasteiger partial charge < -0.3 is 9.84 Å². The van der Waals surface area contributed by atoms with Crippen LogP contribution >= 0.6 is 0 Å². The molecule has 0 radical (unpaired) electrons. The first-order chi connectivity index (χ1) is 11.6. The van der Waals surface area contributed by atoms with Crippen molar-refractivity contribution in [1.29, 1.82) is 0 Å². The topological polar surface area (TPSA) is 63.6 Å². The third-order valence-electron chi connectivity index (χ3n) is 4.63. The first-order valence-electron chi connectivity index (χ1n) is 8.18. The minimum Gasteiger partial charge on any atom is -0.466 e. The number of carbonyl (C=O) groups is 2. The lowest BCUT2D eigenvalue weighted by Crippen LogP contribution is -2.49. The van der Waals surface area contributed by atoms with Crippen LogP contribution in [-0.4, -0.2) is 23.5 Å². The first-order valence-corrected chi connectivity index (χ1v) is 8.18. The molecule has 0 saturated carbocycles. The largest absolute Gasteiger partial charge is 0.466 e. The van der Waals surface area contributed by atoms with Crippen LogP contribution in [-0.2, 0) is 15.1 Å². The summed E-state index contributed by atoms with van der Waals surface area (Å²) in [5, 5.41) is 11.4. The quantitative estimate of drug-likeness (QED) is 0.876. The molecule has 0 heterocycles. The molecule has 4 nitrogen and oxygen atoms in total. The van der Waals surface area contributed by atoms with E-state index in [2.05, 4.69) is 0 Å². The summed E-state index contributed by atoms with van der Waals surface area (Å²) < 4.78 is 5.11. The fraction of sp³-hybridized carbons (Fsp3) is 0.300. The number of benzene rings is 2. The molecule has 2 aromatic carbocycles. The Morgan fingerprint density at radius 3 is 2.25 bits per heavy atom. The van der Waals surface area contributed by atoms with Crippen LogP contribution in [0.4, 0.5) is 0 Å². The van der Waals surface area contributed by atoms with Crippen LogP contribution in [0.25, 0.3) is 11.1 Å². The molecule has 1 aliphatic rings. The first kappa shape index (κ1) is 16.4. The average Bonchev–Trinajstić information content (AvgIpc) is 2.61. The highest BCUT2D eigenvalue weighted by molar-refractivity contribution is 6.13. The molecule has 124 valence electrons. The third-order valence-corrected chi connectivity index (χ3v) is 4.63. The summed E-state index contributed by atoms with van der Waals surface area (Å²) in [5.41, 5.74) is 0.542. The zero-order valence-electron chi connectivity index (χ0n) is 13.8. The second-order valence-corrected chi connectivity index (χ2v) is 5.90. The van der Waals surface area contributed by atoms with Gasteiger partial charge in [0.15, 0.2) is 11.4 Å². The van der Waals surface area contributed by atoms with Gasteiger partial charge in [0, 0.05) is 11.1 Å². The molecule has 2 unspecified atom stereocenters. The average molecular weight is 324 g/mol. The number of Topliss-reactive ketones (excluding diaryl/α,β-unsaturated/α-hetero) is 1. The Balaban J connectivity index is 2.25. The van der Waals surface area contributed by atoms with Gasteiger partial charge in [0.1, 0.15) is 0 Å². The van der Waals surface area contributed by atoms with Crippen LogP contribution in [0, 0.1) is 5.92 Å². The number of ketones is 1. The van der Waals surface area contributed by atoms with Crippen molar-refractivity contribution in [1.82, 2.24) is 0 Å². The van der Waals surface area contributed by atoms with Crippen molar-refractivity contribution in [2.75, 3.05) is 6.61 Å². The molecule has 24 heavy (non-hydrogen) atoms. The Bertz CT molecular complexity index is 796. The van der Waals surface area contributed by atoms with E-state index in [4.69, 9.17) is 4.74 Å². The standard InChI is InChI=1S/C20H20O4/c1-3-16(19(22)24-4-2)20(23)17-12-8-7-10-14(17)13-9-5-6-11-15(13)18(20)21/h5-12,16,23H,3-4H2,1-2H3. The number of ether oxygens (including phenoxy) is 1. The lowest BCUT2D eigenvalue weighted by Gasteiger charge is -2.38. The van der Waals surface area contributed by atoms with Crippen molar-refractivity contribution in [2.24, 2.45) is 5.92 Å². The lowest BCUT2D eigenvalue weighted by atomic mass is 9.68. The van der Waals surface area contributed by atoms with Crippen molar-refractivity contribution in [3.63, 3.8) is 0 Å². The second-order valence-electron chi connectivity index (χ2n) is 5.90. The van der Waals surface area contributed by atoms with E-state index in [0.29, 0.717) is 17.5 Å². The minimum absolute atomic E-state index is 0.206. The maximum atomic E-state index is 13.2. The van der Waals surface area contributed by atoms with E-state index in [9.17, 15) is 14.7 Å². The van der Waals surface area contributed by atoms with Gasteiger partial charge in [0.2, 0.25) is 0 Å². The summed E-state index contributed by atoms with van der Waals surface area (Å²) >= 11 is 0. The van der Waals surface area contributed by atoms with E-state index in [0.717, 1.165) is 11.1 Å². The lowest BCUT2D eigenvalue weighted by molar-refractivity contribution is -0.156. The smallest absolute Gasteiger partial charge is 0.312 e. The maximum absolute atomic E-state index is 13.2. The van der Waals surface area contributed by atoms with Gasteiger partial charge in [0.25, 0.3) is 0 Å². The van der Waals surface area contributed by atoms with Crippen LogP contribution in [0.3, 0.4) is 0 Å². The van der Waals surface area contributed by atoms with Crippen LogP contribution in [0.5, 0.6) is 0 Å². The molecule has 4 heteroatoms. The summed E-state index contributed by atoms with van der Waals surface area (Å²) in [6.07, 6.45) is 0.303. The molecule has 1 N–H and O–H groups in total. The van der Waals surface area contributed by atoms with Gasteiger partial charge in [-0.3, -0.25) is 9.59 Å². The number of aliphatic hydroxyl groups is 1. The van der Waals surface area contributed by atoms with E-state index < -0.39 is 23.3 Å². The Morgan fingerprint density at radius 1 is 1.04 bits per heavy atom. The number of esters is 1. The molecule has 0 amide bonds. The third kappa shape index (κ3) is 2.26. The molecular weight excluding hydrogens is 304 g/mol. The van der Waals surface area contributed by atoms with Gasteiger partial charge in [-0.05, 0) is 24.5 Å². The molecule has 1 aliphatic carbocycles. The maximum Gasteiger partial charge on any atom is 0.312 e. The number of carbonyl (C=O) groups excluding carboxylic acids is 2. The Hall–Kier alpha value is -2.46. The fourth-order valence-electron chi connectivity index (χ4n) is 3.52. The number of fused-ring (bicyclic) bond motifs is 3. The van der Waals surface area contributed by atoms with Gasteiger partial charge in [0.05, 0.1) is 12.5 Å². The zero-order valence-corrected chi connectivity index (χ0v) is 13.8. The van der Waals surface area contributed by atoms with Gasteiger partial charge in [-0.25, -0.2) is 0 Å². The van der Waals surface area contributed by atoms with Crippen molar-refractivity contribution in [2.45, 2.75) is 25.9 Å². The van der Waals surface area contributed by atoms with E-state index in [-0.39, 0.29) is 6.61 Å². The van der Waals surface area contributed by atoms with E-state index in [1.807, 2.05) is 24.3 Å². The SMILES string of the molecule is CCOC(=O)C(CC)C1(O)C(=O)c2ccccc2-c2ccccc21. The van der Waals surface area contributed by atoms with Crippen LogP contribution in [0.2, 0.25) is 0 Å². The molecule has 0 spiro atoms. The van der Waals surface area contributed by atoms with Crippen molar-refractivity contribution >= 4 is 11.8 Å². The number of hydrogen-bond donors (Lipinski definition) is 1. The van der Waals surface area contributed by atoms with E-state index in [1.165, 1.54) is 0 Å². The Labute approximate surface area is 141 Å². The second kappa shape index (κ2) is 6.21. The monoisotopic (exact) mass is 324 g/mol. The zero-order chi connectivity index (χ0) is 17.3. The summed E-state index contributed by atoms with van der Waals surface area (Å²) in [7, 11) is 0. The van der Waals surface area contributed by atoms with Crippen molar-refractivity contribution < 1.29 is 19.4 Å². The van der Waals surface area contributed by atoms with Gasteiger partial charge in [-0.1, -0.05) is 55.5 Å². The summed E-state index contributed by atoms with van der Waals surface area (Å²) in [6, 6.07) is 14.4. The highest BCUT2D eigenvalue weighted by Gasteiger charge is 2.52. The van der Waals surface area contributed by atoms with E-state index >= 15 is 0 Å². The molecule has 0 bridgehead atoms. The van der Waals surface area contributed by atoms with Crippen LogP contribution in [0.1, 0.15) is 36.2 Å². The van der Waals surface area contributed by atoms with E-state index in [1.54, 1.807) is 38.1 Å². The molecule has 2 aromatic rings. The minimum atomic E-state index is -1.91. The molecule has 0 aliphatic heterocycles. The predicted molar refractivity (Wildman–Crippen MR) is 90.5 cm³/mol. The molecule has 2 atom stereocenters. The summed E-state index contributed by atoms with van der Waals surface area (Å²) in [6.45, 7) is 3.69. The van der Waals surface area contributed by atoms with Crippen LogP contribution < -0.4 is 0 Å². The Morgan fingerprint density at radius 2 is 1.62 bits per heavy atom. The molecule has 0 aromatic heterocycles. The number of rotatable bonds is 4. The van der Waals surface area contributed by atoms with Gasteiger partial charge in [-0.2, -0.15) is 0 Å². The van der Waals surface area contributed by atoms with Gasteiger partial charge >= 0.3 is 5.97 Å². The molecular formula is C20H20O4. The molecule has 0 saturated heterocycles. The van der Waals surface area contributed by atoms with Crippen molar-refractivity contribution in [3.05, 3.63) is 59.7 Å². The highest BCUT2D eigenvalue weighted by atomic mass is 16.5. The van der Waals surface area contributed by atoms with Gasteiger partial charge in [-0.15, -0.1) is 0 Å². The predicted octanol–water partition coefficient (Wildman–Crippen LogP) is 3.33. The molecule has 3 rings (SSSR count). The fourth-order valence-corrected chi connectivity index (χ4v) is 3.52. The number of hydrogen-bond acceptors (Lipinski definition) is 4. The van der Waals surface area contributed by atoms with Crippen molar-refractivity contribution in [3.8, 4) is 11.1 Å². The summed E-state index contributed by atoms with van der Waals surface area (Å²) in [4.78, 5) is 25.6.